The van der Waals surface area contributed by atoms with Gasteiger partial charge in [0.2, 0.25) is 18.2 Å². The van der Waals surface area contributed by atoms with Crippen molar-refractivity contribution in [3.05, 3.63) is 71.8 Å². The van der Waals surface area contributed by atoms with Crippen LogP contribution >= 0.6 is 0 Å². The molecule has 3 unspecified atom stereocenters. The van der Waals surface area contributed by atoms with E-state index in [1.165, 1.54) is 4.90 Å². The minimum absolute atomic E-state index is 0.130. The molecular weight excluding hydrogens is 432 g/mol. The molecule has 3 amide bonds. The topological polar surface area (TPSA) is 99.8 Å². The largest absolute Gasteiger partial charge is 0.353 e. The van der Waals surface area contributed by atoms with E-state index in [2.05, 4.69) is 16.0 Å². The SMILES string of the molecule is CNCC(=O)N[C@H](C)C(C)OC1CCC(C(=O)NC(c2ccccc2)c2ccccc2)N1C=O. The molecule has 2 aromatic rings. The molecule has 2 aromatic carbocycles. The van der Waals surface area contributed by atoms with Crippen molar-refractivity contribution in [2.24, 2.45) is 0 Å². The average Bonchev–Trinajstić information content (AvgIpc) is 3.26. The molecule has 0 saturated carbocycles. The van der Waals surface area contributed by atoms with Crippen LogP contribution in [-0.4, -0.2) is 61.1 Å². The van der Waals surface area contributed by atoms with Crippen LogP contribution < -0.4 is 16.0 Å². The van der Waals surface area contributed by atoms with Gasteiger partial charge in [-0.25, -0.2) is 0 Å². The summed E-state index contributed by atoms with van der Waals surface area (Å²) in [6.07, 6.45) is 0.854. The number of benzene rings is 2. The number of ether oxygens (including phenoxy) is 1. The number of rotatable bonds is 11. The standard InChI is InChI=1S/C26H34N4O4/c1-18(28-23(32)16-27-3)19(2)34-24-15-14-22(30(24)17-31)26(33)29-25(20-10-6-4-7-11-20)21-12-8-5-9-13-21/h4-13,17-19,22,24-25,27H,14-16H2,1-3H3,(H,28,32)(H,29,33)/t18-,19?,22?,24?/m1/s1. The number of likely N-dealkylation sites (N-methyl/N-ethyl adjacent to an activating group) is 1. The van der Waals surface area contributed by atoms with Crippen LogP contribution in [0.3, 0.4) is 0 Å². The van der Waals surface area contributed by atoms with Gasteiger partial charge in [0, 0.05) is 0 Å². The monoisotopic (exact) mass is 466 g/mol. The second-order valence-electron chi connectivity index (χ2n) is 8.59. The third-order valence-corrected chi connectivity index (χ3v) is 6.16. The Kier molecular flexibility index (Phi) is 9.18. The summed E-state index contributed by atoms with van der Waals surface area (Å²) in [5.41, 5.74) is 1.93. The fourth-order valence-corrected chi connectivity index (χ4v) is 4.18. The molecule has 1 aliphatic rings. The van der Waals surface area contributed by atoms with Crippen molar-refractivity contribution in [3.63, 3.8) is 0 Å². The zero-order valence-corrected chi connectivity index (χ0v) is 19.9. The number of carbonyl (C=O) groups is 3. The van der Waals surface area contributed by atoms with Crippen LogP contribution in [0.15, 0.2) is 60.7 Å². The molecule has 4 atom stereocenters. The average molecular weight is 467 g/mol. The zero-order valence-electron chi connectivity index (χ0n) is 19.9. The van der Waals surface area contributed by atoms with Crippen LogP contribution in [0.25, 0.3) is 0 Å². The summed E-state index contributed by atoms with van der Waals surface area (Å²) >= 11 is 0. The van der Waals surface area contributed by atoms with Gasteiger partial charge in [0.25, 0.3) is 0 Å². The van der Waals surface area contributed by atoms with Crippen LogP contribution in [0, 0.1) is 0 Å². The van der Waals surface area contributed by atoms with Gasteiger partial charge in [0.15, 0.2) is 0 Å². The molecule has 0 spiro atoms. The number of likely N-dealkylation sites (tertiary alicyclic amines) is 1. The van der Waals surface area contributed by atoms with Crippen molar-refractivity contribution in [1.29, 1.82) is 0 Å². The first-order valence-electron chi connectivity index (χ1n) is 11.7. The highest BCUT2D eigenvalue weighted by Crippen LogP contribution is 2.27. The molecule has 0 radical (unpaired) electrons. The van der Waals surface area contributed by atoms with Gasteiger partial charge in [-0.1, -0.05) is 60.7 Å². The Hall–Kier alpha value is -3.23. The molecule has 34 heavy (non-hydrogen) atoms. The van der Waals surface area contributed by atoms with Gasteiger partial charge in [-0.2, -0.15) is 0 Å². The van der Waals surface area contributed by atoms with E-state index in [-0.39, 0.29) is 36.5 Å². The van der Waals surface area contributed by atoms with Gasteiger partial charge >= 0.3 is 0 Å². The van der Waals surface area contributed by atoms with Crippen molar-refractivity contribution in [2.45, 2.75) is 57.1 Å². The van der Waals surface area contributed by atoms with E-state index in [1.54, 1.807) is 7.05 Å². The van der Waals surface area contributed by atoms with Crippen molar-refractivity contribution in [1.82, 2.24) is 20.9 Å². The third-order valence-electron chi connectivity index (χ3n) is 6.16. The third kappa shape index (κ3) is 6.42. The lowest BCUT2D eigenvalue weighted by atomic mass is 9.98. The first-order valence-corrected chi connectivity index (χ1v) is 11.7. The van der Waals surface area contributed by atoms with Gasteiger partial charge in [0.1, 0.15) is 12.3 Å². The Morgan fingerprint density at radius 2 is 1.59 bits per heavy atom. The molecule has 1 heterocycles. The maximum atomic E-state index is 13.3. The molecule has 0 bridgehead atoms. The highest BCUT2D eigenvalue weighted by molar-refractivity contribution is 5.85. The molecular formula is C26H34N4O4. The van der Waals surface area contributed by atoms with Gasteiger partial charge in [-0.05, 0) is 44.9 Å². The highest BCUT2D eigenvalue weighted by atomic mass is 16.5. The lowest BCUT2D eigenvalue weighted by Crippen LogP contribution is -2.49. The molecule has 8 nitrogen and oxygen atoms in total. The van der Waals surface area contributed by atoms with Crippen LogP contribution in [0.5, 0.6) is 0 Å². The lowest BCUT2D eigenvalue weighted by molar-refractivity contribution is -0.146. The number of amides is 3. The Balaban J connectivity index is 1.67. The number of hydrogen-bond donors (Lipinski definition) is 3. The van der Waals surface area contributed by atoms with E-state index in [0.29, 0.717) is 19.3 Å². The molecule has 0 aromatic heterocycles. The van der Waals surface area contributed by atoms with Crippen LogP contribution in [0.2, 0.25) is 0 Å². The molecule has 3 rings (SSSR count). The number of hydrogen-bond acceptors (Lipinski definition) is 5. The molecule has 182 valence electrons. The Morgan fingerprint density at radius 1 is 1.00 bits per heavy atom. The van der Waals surface area contributed by atoms with E-state index >= 15 is 0 Å². The zero-order chi connectivity index (χ0) is 24.5. The predicted molar refractivity (Wildman–Crippen MR) is 130 cm³/mol. The van der Waals surface area contributed by atoms with E-state index in [1.807, 2.05) is 74.5 Å². The summed E-state index contributed by atoms with van der Waals surface area (Å²) in [5, 5.41) is 8.81. The Morgan fingerprint density at radius 3 is 2.12 bits per heavy atom. The minimum Gasteiger partial charge on any atom is -0.353 e. The first-order chi connectivity index (χ1) is 16.4. The van der Waals surface area contributed by atoms with Gasteiger partial charge in [-0.15, -0.1) is 0 Å². The second-order valence-corrected chi connectivity index (χ2v) is 8.59. The first kappa shape index (κ1) is 25.4. The van der Waals surface area contributed by atoms with Crippen molar-refractivity contribution >= 4 is 18.2 Å². The van der Waals surface area contributed by atoms with Crippen LogP contribution in [-0.2, 0) is 19.1 Å². The number of nitrogens with one attached hydrogen (secondary N) is 3. The highest BCUT2D eigenvalue weighted by Gasteiger charge is 2.39. The smallest absolute Gasteiger partial charge is 0.243 e. The quantitative estimate of drug-likeness (QED) is 0.440. The summed E-state index contributed by atoms with van der Waals surface area (Å²) < 4.78 is 6.09. The second kappa shape index (κ2) is 12.3. The number of carbonyl (C=O) groups excluding carboxylic acids is 3. The van der Waals surface area contributed by atoms with E-state index in [4.69, 9.17) is 4.74 Å². The normalized spacial score (nSPS) is 19.5. The van der Waals surface area contributed by atoms with E-state index < -0.39 is 12.3 Å². The van der Waals surface area contributed by atoms with Crippen molar-refractivity contribution < 1.29 is 19.1 Å². The fourth-order valence-electron chi connectivity index (χ4n) is 4.18. The number of nitrogens with zero attached hydrogens (tertiary/aromatic N) is 1. The molecule has 1 saturated heterocycles. The van der Waals surface area contributed by atoms with Crippen molar-refractivity contribution in [2.75, 3.05) is 13.6 Å². The Labute approximate surface area is 201 Å². The minimum atomic E-state index is -0.626. The maximum Gasteiger partial charge on any atom is 0.243 e. The summed E-state index contributed by atoms with van der Waals surface area (Å²) in [6, 6.07) is 18.3. The summed E-state index contributed by atoms with van der Waals surface area (Å²) in [5.74, 6) is -0.354. The maximum absolute atomic E-state index is 13.3. The van der Waals surface area contributed by atoms with Gasteiger partial charge in [0.05, 0.1) is 24.7 Å². The molecule has 1 fully saturated rings. The van der Waals surface area contributed by atoms with Crippen LogP contribution in [0.1, 0.15) is 43.9 Å². The lowest BCUT2D eigenvalue weighted by Gasteiger charge is -2.31. The molecule has 0 aliphatic carbocycles. The predicted octanol–water partition coefficient (Wildman–Crippen LogP) is 1.97. The van der Waals surface area contributed by atoms with Crippen LogP contribution in [0.4, 0.5) is 0 Å². The summed E-state index contributed by atoms with van der Waals surface area (Å²) in [6.45, 7) is 3.92. The fraction of sp³-hybridized carbons (Fsp3) is 0.423. The van der Waals surface area contributed by atoms with Crippen molar-refractivity contribution in [3.8, 4) is 0 Å². The van der Waals surface area contributed by atoms with E-state index in [0.717, 1.165) is 11.1 Å². The summed E-state index contributed by atoms with van der Waals surface area (Å²) in [4.78, 5) is 38.6. The molecule has 1 aliphatic heterocycles. The van der Waals surface area contributed by atoms with Gasteiger partial charge in [-0.3, -0.25) is 14.4 Å². The molecule has 3 N–H and O–H groups in total. The van der Waals surface area contributed by atoms with Gasteiger partial charge < -0.3 is 25.6 Å². The Bertz CT molecular complexity index is 901. The molecule has 8 heteroatoms. The van der Waals surface area contributed by atoms with E-state index in [9.17, 15) is 14.4 Å². The summed E-state index contributed by atoms with van der Waals surface area (Å²) in [7, 11) is 1.70.